The summed E-state index contributed by atoms with van der Waals surface area (Å²) in [6, 6.07) is 16.2. The van der Waals surface area contributed by atoms with Crippen molar-refractivity contribution in [3.8, 4) is 0 Å². The minimum atomic E-state index is -0.0878. The highest BCUT2D eigenvalue weighted by Gasteiger charge is 2.21. The number of carbonyl (C=O) groups excluding carboxylic acids is 2. The van der Waals surface area contributed by atoms with Crippen molar-refractivity contribution in [3.05, 3.63) is 65.2 Å². The summed E-state index contributed by atoms with van der Waals surface area (Å²) >= 11 is 0. The number of likely N-dealkylation sites (tertiary alicyclic amines) is 1. The van der Waals surface area contributed by atoms with E-state index in [4.69, 9.17) is 0 Å². The molecule has 1 saturated heterocycles. The number of carbonyl (C=O) groups is 2. The van der Waals surface area contributed by atoms with E-state index >= 15 is 0 Å². The smallest absolute Gasteiger partial charge is 0.251 e. The summed E-state index contributed by atoms with van der Waals surface area (Å²) in [4.78, 5) is 28.2. The molecule has 2 aromatic carbocycles. The molecule has 2 amide bonds. The monoisotopic (exact) mass is 349 g/mol. The van der Waals surface area contributed by atoms with Crippen LogP contribution in [0, 0.1) is 0 Å². The fourth-order valence-corrected chi connectivity index (χ4v) is 3.71. The molecular weight excluding hydrogens is 326 g/mol. The second-order valence-electron chi connectivity index (χ2n) is 6.92. The second kappa shape index (κ2) is 7.20. The minimum Gasteiger partial charge on any atom is -0.363 e. The van der Waals surface area contributed by atoms with E-state index < -0.39 is 0 Å². The van der Waals surface area contributed by atoms with E-state index in [1.807, 2.05) is 29.2 Å². The van der Waals surface area contributed by atoms with Gasteiger partial charge < -0.3 is 15.1 Å². The number of benzene rings is 2. The molecule has 0 atom stereocenters. The number of amides is 2. The first kappa shape index (κ1) is 16.6. The van der Waals surface area contributed by atoms with Crippen LogP contribution in [0.15, 0.2) is 48.5 Å². The third kappa shape index (κ3) is 3.43. The molecule has 1 N–H and O–H groups in total. The van der Waals surface area contributed by atoms with Gasteiger partial charge >= 0.3 is 0 Å². The first-order valence-corrected chi connectivity index (χ1v) is 9.18. The molecule has 0 radical (unpaired) electrons. The number of hydrogen-bond acceptors (Lipinski definition) is 3. The minimum absolute atomic E-state index is 0.0878. The Morgan fingerprint density at radius 3 is 2.50 bits per heavy atom. The molecule has 5 nitrogen and oxygen atoms in total. The van der Waals surface area contributed by atoms with Gasteiger partial charge in [0.25, 0.3) is 5.91 Å². The fraction of sp³-hybridized carbons (Fsp3) is 0.333. The van der Waals surface area contributed by atoms with Crippen molar-refractivity contribution in [2.24, 2.45) is 0 Å². The van der Waals surface area contributed by atoms with Crippen molar-refractivity contribution in [1.29, 1.82) is 0 Å². The highest BCUT2D eigenvalue weighted by molar-refractivity contribution is 5.95. The molecule has 5 heteroatoms. The van der Waals surface area contributed by atoms with E-state index in [0.717, 1.165) is 31.7 Å². The van der Waals surface area contributed by atoms with E-state index in [1.54, 1.807) is 0 Å². The average molecular weight is 349 g/mol. The van der Waals surface area contributed by atoms with E-state index in [-0.39, 0.29) is 11.8 Å². The summed E-state index contributed by atoms with van der Waals surface area (Å²) in [6.07, 6.45) is 1.56. The standard InChI is InChI=1S/C21H23N3O2/c25-20-9-4-11-23(20)12-10-22-21(26)16-7-3-8-19(13-16)24-14-17-5-1-2-6-18(17)15-24/h1-3,5-8,13H,4,9-12,14-15H2,(H,22,26). The first-order valence-electron chi connectivity index (χ1n) is 9.18. The van der Waals surface area contributed by atoms with Gasteiger partial charge in [-0.3, -0.25) is 9.59 Å². The van der Waals surface area contributed by atoms with Crippen molar-refractivity contribution in [2.45, 2.75) is 25.9 Å². The molecule has 4 rings (SSSR count). The average Bonchev–Trinajstić information content (AvgIpc) is 3.28. The first-order chi connectivity index (χ1) is 12.7. The maximum Gasteiger partial charge on any atom is 0.251 e. The molecular formula is C21H23N3O2. The molecule has 2 aromatic rings. The van der Waals surface area contributed by atoms with Gasteiger partial charge in [0, 0.05) is 50.4 Å². The molecule has 134 valence electrons. The van der Waals surface area contributed by atoms with Gasteiger partial charge in [0.2, 0.25) is 5.91 Å². The molecule has 2 heterocycles. The van der Waals surface area contributed by atoms with Gasteiger partial charge in [0.05, 0.1) is 0 Å². The summed E-state index contributed by atoms with van der Waals surface area (Å²) in [5, 5.41) is 2.93. The molecule has 0 aliphatic carbocycles. The Balaban J connectivity index is 1.37. The summed E-state index contributed by atoms with van der Waals surface area (Å²) in [6.45, 7) is 3.63. The number of nitrogens with one attached hydrogen (secondary N) is 1. The maximum atomic E-state index is 12.5. The topological polar surface area (TPSA) is 52.7 Å². The van der Waals surface area contributed by atoms with Crippen LogP contribution in [0.2, 0.25) is 0 Å². The van der Waals surface area contributed by atoms with Gasteiger partial charge in [0.15, 0.2) is 0 Å². The fourth-order valence-electron chi connectivity index (χ4n) is 3.71. The summed E-state index contributed by atoms with van der Waals surface area (Å²) in [7, 11) is 0. The molecule has 0 bridgehead atoms. The van der Waals surface area contributed by atoms with E-state index in [1.165, 1.54) is 11.1 Å². The zero-order chi connectivity index (χ0) is 17.9. The van der Waals surface area contributed by atoms with Crippen LogP contribution in [-0.2, 0) is 17.9 Å². The van der Waals surface area contributed by atoms with Crippen molar-refractivity contribution in [3.63, 3.8) is 0 Å². The van der Waals surface area contributed by atoms with Crippen LogP contribution in [0.25, 0.3) is 0 Å². The van der Waals surface area contributed by atoms with E-state index in [2.05, 4.69) is 34.5 Å². The van der Waals surface area contributed by atoms with Gasteiger partial charge in [-0.05, 0) is 35.7 Å². The van der Waals surface area contributed by atoms with Gasteiger partial charge in [-0.25, -0.2) is 0 Å². The van der Waals surface area contributed by atoms with Crippen molar-refractivity contribution < 1.29 is 9.59 Å². The van der Waals surface area contributed by atoms with E-state index in [9.17, 15) is 9.59 Å². The number of anilines is 1. The lowest BCUT2D eigenvalue weighted by atomic mass is 10.1. The lowest BCUT2D eigenvalue weighted by Gasteiger charge is -2.19. The van der Waals surface area contributed by atoms with E-state index in [0.29, 0.717) is 25.1 Å². The maximum absolute atomic E-state index is 12.5. The zero-order valence-electron chi connectivity index (χ0n) is 14.8. The lowest BCUT2D eigenvalue weighted by molar-refractivity contribution is -0.127. The Morgan fingerprint density at radius 1 is 1.04 bits per heavy atom. The van der Waals surface area contributed by atoms with Crippen LogP contribution in [-0.4, -0.2) is 36.3 Å². The van der Waals surface area contributed by atoms with Crippen LogP contribution < -0.4 is 10.2 Å². The van der Waals surface area contributed by atoms with Crippen LogP contribution >= 0.6 is 0 Å². The molecule has 0 unspecified atom stereocenters. The predicted molar refractivity (Wildman–Crippen MR) is 101 cm³/mol. The normalized spacial score (nSPS) is 16.1. The molecule has 2 aliphatic rings. The van der Waals surface area contributed by atoms with Crippen LogP contribution in [0.5, 0.6) is 0 Å². The number of hydrogen-bond donors (Lipinski definition) is 1. The molecule has 1 fully saturated rings. The van der Waals surface area contributed by atoms with Crippen molar-refractivity contribution in [2.75, 3.05) is 24.5 Å². The van der Waals surface area contributed by atoms with Gasteiger partial charge in [-0.2, -0.15) is 0 Å². The third-order valence-corrected chi connectivity index (χ3v) is 5.15. The summed E-state index contributed by atoms with van der Waals surface area (Å²) in [5.74, 6) is 0.102. The van der Waals surface area contributed by atoms with Crippen molar-refractivity contribution in [1.82, 2.24) is 10.2 Å². The quantitative estimate of drug-likeness (QED) is 0.903. The molecule has 2 aliphatic heterocycles. The lowest BCUT2D eigenvalue weighted by Crippen LogP contribution is -2.35. The highest BCUT2D eigenvalue weighted by Crippen LogP contribution is 2.28. The Morgan fingerprint density at radius 2 is 1.81 bits per heavy atom. The Kier molecular flexibility index (Phi) is 4.61. The second-order valence-corrected chi connectivity index (χ2v) is 6.92. The molecule has 0 spiro atoms. The van der Waals surface area contributed by atoms with Crippen LogP contribution in [0.1, 0.15) is 34.3 Å². The van der Waals surface area contributed by atoms with Gasteiger partial charge in [0.1, 0.15) is 0 Å². The Hall–Kier alpha value is -2.82. The highest BCUT2D eigenvalue weighted by atomic mass is 16.2. The van der Waals surface area contributed by atoms with Gasteiger partial charge in [-0.1, -0.05) is 30.3 Å². The largest absolute Gasteiger partial charge is 0.363 e. The van der Waals surface area contributed by atoms with Crippen LogP contribution in [0.4, 0.5) is 5.69 Å². The third-order valence-electron chi connectivity index (χ3n) is 5.15. The molecule has 26 heavy (non-hydrogen) atoms. The van der Waals surface area contributed by atoms with Crippen molar-refractivity contribution >= 4 is 17.5 Å². The Bertz CT molecular complexity index is 809. The van der Waals surface area contributed by atoms with Gasteiger partial charge in [-0.15, -0.1) is 0 Å². The summed E-state index contributed by atoms with van der Waals surface area (Å²) in [5.41, 5.74) is 4.41. The SMILES string of the molecule is O=C(NCCN1CCCC1=O)c1cccc(N2Cc3ccccc3C2)c1. The predicted octanol–water partition coefficient (Wildman–Crippen LogP) is 2.56. The summed E-state index contributed by atoms with van der Waals surface area (Å²) < 4.78 is 0. The molecule has 0 aromatic heterocycles. The zero-order valence-corrected chi connectivity index (χ0v) is 14.8. The molecule has 0 saturated carbocycles. The number of rotatable bonds is 5. The van der Waals surface area contributed by atoms with Crippen LogP contribution in [0.3, 0.4) is 0 Å². The Labute approximate surface area is 153 Å². The number of fused-ring (bicyclic) bond motifs is 1. The number of nitrogens with zero attached hydrogens (tertiary/aromatic N) is 2.